The van der Waals surface area contributed by atoms with E-state index < -0.39 is 0 Å². The lowest BCUT2D eigenvalue weighted by molar-refractivity contribution is -0.384. The summed E-state index contributed by atoms with van der Waals surface area (Å²) in [6, 6.07) is 4.95. The maximum absolute atomic E-state index is 10.8. The number of nitro benzene ring substituents is 1. The first-order chi connectivity index (χ1) is 9.22. The van der Waals surface area contributed by atoms with Crippen molar-refractivity contribution in [3.8, 4) is 0 Å². The number of hydrazone groups is 1. The van der Waals surface area contributed by atoms with Gasteiger partial charge in [0.2, 0.25) is 0 Å². The summed E-state index contributed by atoms with van der Waals surface area (Å²) >= 11 is 0. The number of nitro groups is 1. The van der Waals surface area contributed by atoms with Crippen LogP contribution in [0.25, 0.3) is 0 Å². The molecule has 2 rings (SSSR count). The molecule has 1 aromatic rings. The van der Waals surface area contributed by atoms with E-state index in [0.717, 1.165) is 24.3 Å². The van der Waals surface area contributed by atoms with Gasteiger partial charge in [0, 0.05) is 43.5 Å². The van der Waals surface area contributed by atoms with E-state index in [4.69, 9.17) is 0 Å². The molecule has 0 aromatic heterocycles. The molecule has 1 heterocycles. The smallest absolute Gasteiger partial charge is 0.270 e. The lowest BCUT2D eigenvalue weighted by Crippen LogP contribution is -2.30. The van der Waals surface area contributed by atoms with Crippen LogP contribution in [-0.4, -0.2) is 31.3 Å². The molecule has 1 fully saturated rings. The van der Waals surface area contributed by atoms with Gasteiger partial charge in [0.1, 0.15) is 0 Å². The van der Waals surface area contributed by atoms with Crippen LogP contribution in [0, 0.1) is 10.1 Å². The van der Waals surface area contributed by atoms with Gasteiger partial charge in [-0.05, 0) is 25.3 Å². The summed E-state index contributed by atoms with van der Waals surface area (Å²) in [6.07, 6.45) is 5.22. The van der Waals surface area contributed by atoms with Gasteiger partial charge in [0.25, 0.3) is 5.69 Å². The molecule has 0 spiro atoms. The SMILES string of the molecule is CN/N=C\c1cc([N+](=O)[O-])ccc1N1CCCCC1. The molecule has 0 bridgehead atoms. The van der Waals surface area contributed by atoms with E-state index in [2.05, 4.69) is 15.4 Å². The Labute approximate surface area is 112 Å². The van der Waals surface area contributed by atoms with E-state index in [1.807, 2.05) is 6.07 Å². The zero-order valence-corrected chi connectivity index (χ0v) is 11.0. The first-order valence-electron chi connectivity index (χ1n) is 6.45. The summed E-state index contributed by atoms with van der Waals surface area (Å²) in [4.78, 5) is 12.7. The second kappa shape index (κ2) is 6.17. The quantitative estimate of drug-likeness (QED) is 0.512. The van der Waals surface area contributed by atoms with Crippen molar-refractivity contribution in [1.29, 1.82) is 0 Å². The van der Waals surface area contributed by atoms with Gasteiger partial charge in [-0.25, -0.2) is 0 Å². The second-order valence-electron chi connectivity index (χ2n) is 4.53. The Morgan fingerprint density at radius 2 is 2.11 bits per heavy atom. The molecule has 0 saturated carbocycles. The molecule has 1 N–H and O–H groups in total. The minimum Gasteiger partial charge on any atom is -0.371 e. The Kier molecular flexibility index (Phi) is 4.33. The van der Waals surface area contributed by atoms with Crippen LogP contribution in [0.1, 0.15) is 24.8 Å². The van der Waals surface area contributed by atoms with Crippen LogP contribution >= 0.6 is 0 Å². The average Bonchev–Trinajstić information content (AvgIpc) is 2.45. The maximum atomic E-state index is 10.8. The van der Waals surface area contributed by atoms with Crippen LogP contribution in [0.3, 0.4) is 0 Å². The molecule has 1 aliphatic rings. The van der Waals surface area contributed by atoms with Crippen molar-refractivity contribution in [1.82, 2.24) is 5.43 Å². The average molecular weight is 262 g/mol. The Hall–Kier alpha value is -2.11. The number of piperidine rings is 1. The minimum absolute atomic E-state index is 0.0957. The molecule has 0 aliphatic carbocycles. The van der Waals surface area contributed by atoms with E-state index in [1.165, 1.54) is 19.3 Å². The maximum Gasteiger partial charge on any atom is 0.270 e. The number of hydrogen-bond acceptors (Lipinski definition) is 5. The van der Waals surface area contributed by atoms with E-state index >= 15 is 0 Å². The number of non-ortho nitro benzene ring substituents is 1. The van der Waals surface area contributed by atoms with Gasteiger partial charge < -0.3 is 10.3 Å². The third kappa shape index (κ3) is 3.21. The van der Waals surface area contributed by atoms with Crippen molar-refractivity contribution in [2.45, 2.75) is 19.3 Å². The monoisotopic (exact) mass is 262 g/mol. The number of anilines is 1. The topological polar surface area (TPSA) is 70.8 Å². The van der Waals surface area contributed by atoms with Crippen LogP contribution in [0.5, 0.6) is 0 Å². The first kappa shape index (κ1) is 13.3. The van der Waals surface area contributed by atoms with E-state index in [1.54, 1.807) is 25.4 Å². The molecular formula is C13H18N4O2. The summed E-state index contributed by atoms with van der Waals surface area (Å²) < 4.78 is 0. The van der Waals surface area contributed by atoms with Crippen LogP contribution in [0.15, 0.2) is 23.3 Å². The molecule has 19 heavy (non-hydrogen) atoms. The molecule has 0 unspecified atom stereocenters. The summed E-state index contributed by atoms with van der Waals surface area (Å²) in [5, 5.41) is 14.8. The lowest BCUT2D eigenvalue weighted by Gasteiger charge is -2.29. The number of rotatable bonds is 4. The highest BCUT2D eigenvalue weighted by Crippen LogP contribution is 2.26. The van der Waals surface area contributed by atoms with E-state index in [9.17, 15) is 10.1 Å². The van der Waals surface area contributed by atoms with Crippen molar-refractivity contribution in [2.75, 3.05) is 25.0 Å². The first-order valence-corrected chi connectivity index (χ1v) is 6.45. The van der Waals surface area contributed by atoms with Crippen LogP contribution in [0.2, 0.25) is 0 Å². The molecule has 0 amide bonds. The van der Waals surface area contributed by atoms with Gasteiger partial charge in [-0.2, -0.15) is 5.10 Å². The molecule has 1 aromatic carbocycles. The van der Waals surface area contributed by atoms with Crippen molar-refractivity contribution < 1.29 is 4.92 Å². The van der Waals surface area contributed by atoms with E-state index in [-0.39, 0.29) is 10.6 Å². The number of hydrogen-bond donors (Lipinski definition) is 1. The molecule has 6 heteroatoms. The zero-order chi connectivity index (χ0) is 13.7. The standard InChI is InChI=1S/C13H18N4O2/c1-14-15-10-11-9-12(17(18)19)5-6-13(11)16-7-3-2-4-8-16/h5-6,9-10,14H,2-4,7-8H2,1H3/b15-10-. The molecule has 0 atom stereocenters. The molecule has 102 valence electrons. The molecule has 1 saturated heterocycles. The highest BCUT2D eigenvalue weighted by Gasteiger charge is 2.16. The molecule has 6 nitrogen and oxygen atoms in total. The minimum atomic E-state index is -0.378. The fraction of sp³-hybridized carbons (Fsp3) is 0.462. The van der Waals surface area contributed by atoms with Crippen LogP contribution in [-0.2, 0) is 0 Å². The Bertz CT molecular complexity index is 482. The highest BCUT2D eigenvalue weighted by atomic mass is 16.6. The Balaban J connectivity index is 2.34. The summed E-state index contributed by atoms with van der Waals surface area (Å²) in [5.41, 5.74) is 4.57. The predicted molar refractivity (Wildman–Crippen MR) is 75.8 cm³/mol. The Morgan fingerprint density at radius 3 is 2.74 bits per heavy atom. The van der Waals surface area contributed by atoms with E-state index in [0.29, 0.717) is 0 Å². The fourth-order valence-corrected chi connectivity index (χ4v) is 2.32. The normalized spacial score (nSPS) is 15.7. The zero-order valence-electron chi connectivity index (χ0n) is 11.0. The number of nitrogens with one attached hydrogen (secondary N) is 1. The molecule has 1 aliphatic heterocycles. The summed E-state index contributed by atoms with van der Waals surface area (Å²) in [5.74, 6) is 0. The van der Waals surface area contributed by atoms with Crippen molar-refractivity contribution in [3.05, 3.63) is 33.9 Å². The lowest BCUT2D eigenvalue weighted by atomic mass is 10.1. The largest absolute Gasteiger partial charge is 0.371 e. The Morgan fingerprint density at radius 1 is 1.37 bits per heavy atom. The van der Waals surface area contributed by atoms with Crippen LogP contribution in [0.4, 0.5) is 11.4 Å². The third-order valence-corrected chi connectivity index (χ3v) is 3.25. The number of nitrogens with zero attached hydrogens (tertiary/aromatic N) is 3. The molecular weight excluding hydrogens is 244 g/mol. The summed E-state index contributed by atoms with van der Waals surface area (Å²) in [6.45, 7) is 2.00. The highest BCUT2D eigenvalue weighted by molar-refractivity contribution is 5.89. The third-order valence-electron chi connectivity index (χ3n) is 3.25. The van der Waals surface area contributed by atoms with Gasteiger partial charge in [-0.15, -0.1) is 0 Å². The van der Waals surface area contributed by atoms with Crippen molar-refractivity contribution in [3.63, 3.8) is 0 Å². The predicted octanol–water partition coefficient (Wildman–Crippen LogP) is 2.14. The van der Waals surface area contributed by atoms with Gasteiger partial charge in [0.05, 0.1) is 11.1 Å². The van der Waals surface area contributed by atoms with Crippen molar-refractivity contribution in [2.24, 2.45) is 5.10 Å². The fourth-order valence-electron chi connectivity index (χ4n) is 2.32. The van der Waals surface area contributed by atoms with Gasteiger partial charge in [-0.3, -0.25) is 10.1 Å². The van der Waals surface area contributed by atoms with Crippen molar-refractivity contribution >= 4 is 17.6 Å². The second-order valence-corrected chi connectivity index (χ2v) is 4.53. The number of benzene rings is 1. The van der Waals surface area contributed by atoms with Crippen LogP contribution < -0.4 is 10.3 Å². The van der Waals surface area contributed by atoms with Gasteiger partial charge in [-0.1, -0.05) is 0 Å². The summed E-state index contributed by atoms with van der Waals surface area (Å²) in [7, 11) is 1.70. The van der Waals surface area contributed by atoms with Gasteiger partial charge >= 0.3 is 0 Å². The molecule has 0 radical (unpaired) electrons. The van der Waals surface area contributed by atoms with Gasteiger partial charge in [0.15, 0.2) is 0 Å².